The number of hydrogen-bond acceptors (Lipinski definition) is 3. The van der Waals surface area contributed by atoms with Crippen LogP contribution in [0.15, 0.2) is 33.3 Å². The largest absolute Gasteiger partial charge is 0.378 e. The number of pyridine rings is 2. The highest BCUT2D eigenvalue weighted by Crippen LogP contribution is 2.21. The molecule has 2 rings (SSSR count). The molecule has 0 spiro atoms. The summed E-state index contributed by atoms with van der Waals surface area (Å²) >= 11 is 12.7. The van der Waals surface area contributed by atoms with E-state index in [9.17, 15) is 0 Å². The van der Waals surface area contributed by atoms with Crippen molar-refractivity contribution in [1.29, 1.82) is 0 Å². The first kappa shape index (κ1) is 13.8. The topological polar surface area (TPSA) is 37.8 Å². The molecule has 0 amide bonds. The third kappa shape index (κ3) is 3.43. The lowest BCUT2D eigenvalue weighted by Crippen LogP contribution is -2.04. The molecular weight excluding hydrogens is 381 g/mol. The van der Waals surface area contributed by atoms with Crippen molar-refractivity contribution < 1.29 is 0 Å². The Labute approximate surface area is 127 Å². The molecule has 0 aliphatic heterocycles. The van der Waals surface area contributed by atoms with Gasteiger partial charge >= 0.3 is 0 Å². The van der Waals surface area contributed by atoms with Gasteiger partial charge in [-0.15, -0.1) is 0 Å². The predicted octanol–water partition coefficient (Wildman–Crippen LogP) is 4.58. The highest BCUT2D eigenvalue weighted by Gasteiger charge is 2.04. The van der Waals surface area contributed by atoms with Gasteiger partial charge in [0.1, 0.15) is 5.15 Å². The quantitative estimate of drug-likeness (QED) is 0.779. The molecule has 6 heteroatoms. The molecular formula is C12H10Br2ClN3. The fourth-order valence-electron chi connectivity index (χ4n) is 1.47. The highest BCUT2D eigenvalue weighted by atomic mass is 79.9. The van der Waals surface area contributed by atoms with E-state index < -0.39 is 0 Å². The van der Waals surface area contributed by atoms with Crippen LogP contribution in [0.2, 0.25) is 5.15 Å². The van der Waals surface area contributed by atoms with E-state index in [0.717, 1.165) is 26.0 Å². The number of rotatable bonds is 3. The van der Waals surface area contributed by atoms with Crippen LogP contribution in [0.3, 0.4) is 0 Å². The summed E-state index contributed by atoms with van der Waals surface area (Å²) in [7, 11) is 0. The summed E-state index contributed by atoms with van der Waals surface area (Å²) in [6.07, 6.45) is 1.77. The Bertz CT molecular complexity index is 524. The Hall–Kier alpha value is -0.650. The number of nitrogens with one attached hydrogen (secondary N) is 1. The lowest BCUT2D eigenvalue weighted by molar-refractivity contribution is 1.02. The van der Waals surface area contributed by atoms with Crippen LogP contribution in [0, 0.1) is 6.92 Å². The summed E-state index contributed by atoms with van der Waals surface area (Å²) < 4.78 is 1.91. The molecule has 94 valence electrons. The van der Waals surface area contributed by atoms with Gasteiger partial charge in [-0.25, -0.2) is 4.98 Å². The standard InChI is InChI=1S/C12H10Br2ClN3/c1-7-10(2-3-12(15)18-7)17-6-11-9(14)4-8(13)5-16-11/h2-5,17H,6H2,1H3. The molecule has 0 aliphatic carbocycles. The van der Waals surface area contributed by atoms with Gasteiger partial charge in [0, 0.05) is 15.1 Å². The van der Waals surface area contributed by atoms with Crippen LogP contribution in [0.4, 0.5) is 5.69 Å². The minimum atomic E-state index is 0.501. The zero-order chi connectivity index (χ0) is 13.1. The number of aryl methyl sites for hydroxylation is 1. The molecule has 0 bridgehead atoms. The monoisotopic (exact) mass is 389 g/mol. The van der Waals surface area contributed by atoms with Gasteiger partial charge in [0.15, 0.2) is 0 Å². The molecule has 0 aromatic carbocycles. The predicted molar refractivity (Wildman–Crippen MR) is 80.9 cm³/mol. The number of aromatic nitrogens is 2. The van der Waals surface area contributed by atoms with Gasteiger partial charge in [0.25, 0.3) is 0 Å². The minimum absolute atomic E-state index is 0.501. The third-order valence-electron chi connectivity index (χ3n) is 2.38. The summed E-state index contributed by atoms with van der Waals surface area (Å²) in [4.78, 5) is 8.52. The van der Waals surface area contributed by atoms with E-state index in [-0.39, 0.29) is 0 Å². The first-order valence-corrected chi connectivity index (χ1v) is 7.19. The summed E-state index contributed by atoms with van der Waals surface area (Å²) in [5.41, 5.74) is 2.76. The van der Waals surface area contributed by atoms with E-state index in [1.807, 2.05) is 19.1 Å². The van der Waals surface area contributed by atoms with Crippen molar-refractivity contribution >= 4 is 49.1 Å². The first-order chi connectivity index (χ1) is 8.56. The number of nitrogens with zero attached hydrogens (tertiary/aromatic N) is 2. The van der Waals surface area contributed by atoms with E-state index in [2.05, 4.69) is 47.1 Å². The smallest absolute Gasteiger partial charge is 0.129 e. The van der Waals surface area contributed by atoms with Gasteiger partial charge in [-0.2, -0.15) is 0 Å². The molecule has 2 heterocycles. The minimum Gasteiger partial charge on any atom is -0.378 e. The van der Waals surface area contributed by atoms with Gasteiger partial charge in [-0.1, -0.05) is 11.6 Å². The van der Waals surface area contributed by atoms with Crippen LogP contribution in [-0.4, -0.2) is 9.97 Å². The molecule has 0 radical (unpaired) electrons. The average Bonchev–Trinajstić information content (AvgIpc) is 2.30. The SMILES string of the molecule is Cc1nc(Cl)ccc1NCc1ncc(Br)cc1Br. The molecule has 0 atom stereocenters. The Kier molecular flexibility index (Phi) is 4.59. The van der Waals surface area contributed by atoms with Crippen LogP contribution in [0.1, 0.15) is 11.4 Å². The Morgan fingerprint density at radius 1 is 1.33 bits per heavy atom. The lowest BCUT2D eigenvalue weighted by Gasteiger charge is -2.09. The zero-order valence-electron chi connectivity index (χ0n) is 9.54. The van der Waals surface area contributed by atoms with Crippen molar-refractivity contribution in [1.82, 2.24) is 9.97 Å². The third-order valence-corrected chi connectivity index (χ3v) is 3.71. The molecule has 0 saturated carbocycles. The van der Waals surface area contributed by atoms with Crippen LogP contribution >= 0.6 is 43.5 Å². The second-order valence-electron chi connectivity index (χ2n) is 3.70. The molecule has 1 N–H and O–H groups in total. The molecule has 18 heavy (non-hydrogen) atoms. The molecule has 0 aliphatic rings. The van der Waals surface area contributed by atoms with Crippen molar-refractivity contribution in [2.45, 2.75) is 13.5 Å². The summed E-state index contributed by atoms with van der Waals surface area (Å²) in [6, 6.07) is 5.65. The van der Waals surface area contributed by atoms with Crippen LogP contribution in [0.5, 0.6) is 0 Å². The van der Waals surface area contributed by atoms with Crippen LogP contribution in [-0.2, 0) is 6.54 Å². The lowest BCUT2D eigenvalue weighted by atomic mass is 10.3. The van der Waals surface area contributed by atoms with Crippen molar-refractivity contribution in [3.05, 3.63) is 49.9 Å². The molecule has 2 aromatic rings. The fourth-order valence-corrected chi connectivity index (χ4v) is 2.79. The van der Waals surface area contributed by atoms with E-state index in [1.165, 1.54) is 0 Å². The van der Waals surface area contributed by atoms with Gasteiger partial charge in [-0.3, -0.25) is 4.98 Å². The van der Waals surface area contributed by atoms with Crippen molar-refractivity contribution in [2.24, 2.45) is 0 Å². The van der Waals surface area contributed by atoms with Crippen molar-refractivity contribution in [2.75, 3.05) is 5.32 Å². The second kappa shape index (κ2) is 5.99. The van der Waals surface area contributed by atoms with Crippen molar-refractivity contribution in [3.63, 3.8) is 0 Å². The number of hydrogen-bond donors (Lipinski definition) is 1. The van der Waals surface area contributed by atoms with Gasteiger partial charge in [0.05, 0.1) is 23.6 Å². The van der Waals surface area contributed by atoms with Crippen LogP contribution < -0.4 is 5.32 Å². The summed E-state index contributed by atoms with van der Waals surface area (Å²) in [5, 5.41) is 3.79. The molecule has 0 saturated heterocycles. The maximum Gasteiger partial charge on any atom is 0.129 e. The molecule has 2 aromatic heterocycles. The second-order valence-corrected chi connectivity index (χ2v) is 5.86. The maximum absolute atomic E-state index is 5.81. The Morgan fingerprint density at radius 3 is 2.78 bits per heavy atom. The van der Waals surface area contributed by atoms with Gasteiger partial charge in [-0.05, 0) is 57.0 Å². The molecule has 0 fully saturated rings. The van der Waals surface area contributed by atoms with E-state index in [4.69, 9.17) is 11.6 Å². The first-order valence-electron chi connectivity index (χ1n) is 5.23. The maximum atomic E-state index is 5.81. The van der Waals surface area contributed by atoms with Gasteiger partial charge in [0.2, 0.25) is 0 Å². The van der Waals surface area contributed by atoms with Crippen molar-refractivity contribution in [3.8, 4) is 0 Å². The number of anilines is 1. The zero-order valence-corrected chi connectivity index (χ0v) is 13.5. The average molecular weight is 391 g/mol. The summed E-state index contributed by atoms with van der Waals surface area (Å²) in [5.74, 6) is 0. The summed E-state index contributed by atoms with van der Waals surface area (Å²) in [6.45, 7) is 2.54. The molecule has 3 nitrogen and oxygen atoms in total. The highest BCUT2D eigenvalue weighted by molar-refractivity contribution is 9.11. The van der Waals surface area contributed by atoms with Gasteiger partial charge < -0.3 is 5.32 Å². The van der Waals surface area contributed by atoms with E-state index in [1.54, 1.807) is 12.3 Å². The number of halogens is 3. The Balaban J connectivity index is 2.11. The van der Waals surface area contributed by atoms with E-state index in [0.29, 0.717) is 11.7 Å². The normalized spacial score (nSPS) is 10.4. The van der Waals surface area contributed by atoms with Crippen LogP contribution in [0.25, 0.3) is 0 Å². The molecule has 0 unspecified atom stereocenters. The van der Waals surface area contributed by atoms with E-state index >= 15 is 0 Å². The Morgan fingerprint density at radius 2 is 2.11 bits per heavy atom. The fraction of sp³-hybridized carbons (Fsp3) is 0.167.